The molecule has 0 saturated carbocycles. The van der Waals surface area contributed by atoms with Crippen molar-refractivity contribution in [1.82, 2.24) is 4.98 Å². The van der Waals surface area contributed by atoms with Gasteiger partial charge in [-0.15, -0.1) is 24.8 Å². The zero-order chi connectivity index (χ0) is 22.3. The van der Waals surface area contributed by atoms with E-state index in [-0.39, 0.29) is 49.7 Å². The van der Waals surface area contributed by atoms with Gasteiger partial charge in [0.15, 0.2) is 12.4 Å². The van der Waals surface area contributed by atoms with Crippen molar-refractivity contribution in [1.29, 1.82) is 0 Å². The molecule has 3 aromatic carbocycles. The molecule has 1 amide bonds. The lowest BCUT2D eigenvalue weighted by Gasteiger charge is -2.16. The quantitative estimate of drug-likeness (QED) is 0.333. The Bertz CT molecular complexity index is 1230. The number of Topliss-reactive ketones (excluding diaryl/α,β-unsaturated/α-hetero) is 1. The molecule has 0 fully saturated rings. The number of amides is 1. The fourth-order valence-electron chi connectivity index (χ4n) is 3.44. The third-order valence-electron chi connectivity index (χ3n) is 5.21. The SMILES string of the molecule is Cl.Cl.NCC(C(=O)Nc1ccc2cnccc2c1)c1ccc(OCC(=O)c2ccccc2)cc1. The number of halogens is 2. The van der Waals surface area contributed by atoms with Gasteiger partial charge < -0.3 is 15.8 Å². The molecule has 6 nitrogen and oxygen atoms in total. The van der Waals surface area contributed by atoms with Crippen LogP contribution >= 0.6 is 24.8 Å². The van der Waals surface area contributed by atoms with Crippen LogP contribution in [-0.2, 0) is 4.79 Å². The maximum Gasteiger partial charge on any atom is 0.233 e. The van der Waals surface area contributed by atoms with Crippen LogP contribution in [0.3, 0.4) is 0 Å². The monoisotopic (exact) mass is 497 g/mol. The number of ether oxygens (including phenoxy) is 1. The Labute approximate surface area is 210 Å². The van der Waals surface area contributed by atoms with Crippen LogP contribution in [-0.4, -0.2) is 29.8 Å². The number of aromatic nitrogens is 1. The summed E-state index contributed by atoms with van der Waals surface area (Å²) in [6.45, 7) is 0.109. The van der Waals surface area contributed by atoms with Gasteiger partial charge in [0.05, 0.1) is 5.92 Å². The van der Waals surface area contributed by atoms with Crippen molar-refractivity contribution >= 4 is 53.0 Å². The molecular weight excluding hydrogens is 473 g/mol. The first-order chi connectivity index (χ1) is 15.6. The van der Waals surface area contributed by atoms with Crippen LogP contribution < -0.4 is 15.8 Å². The molecule has 0 saturated heterocycles. The van der Waals surface area contributed by atoms with Crippen molar-refractivity contribution < 1.29 is 14.3 Å². The summed E-state index contributed by atoms with van der Waals surface area (Å²) in [4.78, 5) is 29.1. The van der Waals surface area contributed by atoms with Crippen LogP contribution in [0.2, 0.25) is 0 Å². The largest absolute Gasteiger partial charge is 0.485 e. The van der Waals surface area contributed by atoms with Crippen LogP contribution in [0.5, 0.6) is 5.75 Å². The molecule has 1 aromatic heterocycles. The van der Waals surface area contributed by atoms with E-state index in [2.05, 4.69) is 10.3 Å². The van der Waals surface area contributed by atoms with Gasteiger partial charge in [-0.3, -0.25) is 14.6 Å². The van der Waals surface area contributed by atoms with Crippen LogP contribution in [0, 0.1) is 0 Å². The lowest BCUT2D eigenvalue weighted by molar-refractivity contribution is -0.117. The number of hydrogen-bond acceptors (Lipinski definition) is 5. The molecular formula is C26H25Cl2N3O3. The Kier molecular flexibility index (Phi) is 10.0. The van der Waals surface area contributed by atoms with Gasteiger partial charge in [-0.05, 0) is 41.3 Å². The summed E-state index contributed by atoms with van der Waals surface area (Å²) in [6.07, 6.45) is 3.49. The average Bonchev–Trinajstić information content (AvgIpc) is 2.84. The number of rotatable bonds is 8. The second-order valence-electron chi connectivity index (χ2n) is 7.36. The highest BCUT2D eigenvalue weighted by atomic mass is 35.5. The molecule has 1 heterocycles. The van der Waals surface area contributed by atoms with Gasteiger partial charge >= 0.3 is 0 Å². The van der Waals surface area contributed by atoms with E-state index in [1.54, 1.807) is 48.8 Å². The zero-order valence-corrected chi connectivity index (χ0v) is 19.9. The van der Waals surface area contributed by atoms with Crippen molar-refractivity contribution in [2.45, 2.75) is 5.92 Å². The Balaban J connectivity index is 0.00000204. The second kappa shape index (κ2) is 12.7. The molecule has 0 aliphatic heterocycles. The van der Waals surface area contributed by atoms with Crippen molar-refractivity contribution in [3.63, 3.8) is 0 Å². The van der Waals surface area contributed by atoms with E-state index in [1.807, 2.05) is 42.5 Å². The lowest BCUT2D eigenvalue weighted by Crippen LogP contribution is -2.27. The minimum absolute atomic E-state index is 0. The van der Waals surface area contributed by atoms with Gasteiger partial charge in [0.25, 0.3) is 0 Å². The number of anilines is 1. The van der Waals surface area contributed by atoms with Gasteiger partial charge in [0.2, 0.25) is 5.91 Å². The number of nitrogens with one attached hydrogen (secondary N) is 1. The highest BCUT2D eigenvalue weighted by Gasteiger charge is 2.19. The topological polar surface area (TPSA) is 94.3 Å². The fraction of sp³-hybridized carbons (Fsp3) is 0.115. The molecule has 8 heteroatoms. The third kappa shape index (κ3) is 6.54. The molecule has 1 atom stereocenters. The molecule has 0 radical (unpaired) electrons. The number of ketones is 1. The maximum atomic E-state index is 12.9. The van der Waals surface area contributed by atoms with Crippen LogP contribution in [0.25, 0.3) is 10.8 Å². The van der Waals surface area contributed by atoms with Crippen molar-refractivity contribution in [2.24, 2.45) is 5.73 Å². The van der Waals surface area contributed by atoms with Gasteiger partial charge in [-0.1, -0.05) is 48.5 Å². The van der Waals surface area contributed by atoms with Crippen LogP contribution in [0.1, 0.15) is 21.8 Å². The number of nitrogens with zero attached hydrogens (tertiary/aromatic N) is 1. The lowest BCUT2D eigenvalue weighted by atomic mass is 9.98. The van der Waals surface area contributed by atoms with E-state index in [0.29, 0.717) is 17.0 Å². The zero-order valence-electron chi connectivity index (χ0n) is 18.2. The third-order valence-corrected chi connectivity index (χ3v) is 5.21. The van der Waals surface area contributed by atoms with Gasteiger partial charge in [-0.2, -0.15) is 0 Å². The minimum atomic E-state index is -0.511. The Hall–Kier alpha value is -3.45. The first kappa shape index (κ1) is 26.8. The van der Waals surface area contributed by atoms with Crippen LogP contribution in [0.4, 0.5) is 5.69 Å². The maximum absolute atomic E-state index is 12.9. The molecule has 1 unspecified atom stereocenters. The molecule has 4 rings (SSSR count). The van der Waals surface area contributed by atoms with Crippen molar-refractivity contribution in [2.75, 3.05) is 18.5 Å². The molecule has 4 aromatic rings. The van der Waals surface area contributed by atoms with Gasteiger partial charge in [0, 0.05) is 35.6 Å². The number of carbonyl (C=O) groups excluding carboxylic acids is 2. The van der Waals surface area contributed by atoms with E-state index >= 15 is 0 Å². The molecule has 0 spiro atoms. The second-order valence-corrected chi connectivity index (χ2v) is 7.36. The van der Waals surface area contributed by atoms with Gasteiger partial charge in [0.1, 0.15) is 5.75 Å². The molecule has 0 aliphatic carbocycles. The molecule has 3 N–H and O–H groups in total. The molecule has 0 bridgehead atoms. The predicted octanol–water partition coefficient (Wildman–Crippen LogP) is 5.02. The van der Waals surface area contributed by atoms with E-state index < -0.39 is 5.92 Å². The summed E-state index contributed by atoms with van der Waals surface area (Å²) in [5.41, 5.74) is 7.99. The summed E-state index contributed by atoms with van der Waals surface area (Å²) >= 11 is 0. The Morgan fingerprint density at radius 2 is 1.65 bits per heavy atom. The Morgan fingerprint density at radius 3 is 2.35 bits per heavy atom. The molecule has 0 aliphatic rings. The summed E-state index contributed by atoms with van der Waals surface area (Å²) in [7, 11) is 0. The Morgan fingerprint density at radius 1 is 0.912 bits per heavy atom. The van der Waals surface area contributed by atoms with Crippen LogP contribution in [0.15, 0.2) is 91.3 Å². The minimum Gasteiger partial charge on any atom is -0.485 e. The summed E-state index contributed by atoms with van der Waals surface area (Å²) in [5.74, 6) is -0.241. The number of fused-ring (bicyclic) bond motifs is 1. The summed E-state index contributed by atoms with van der Waals surface area (Å²) in [5, 5.41) is 4.94. The normalized spacial score (nSPS) is 11.0. The first-order valence-corrected chi connectivity index (χ1v) is 10.3. The molecule has 176 valence electrons. The highest BCUT2D eigenvalue weighted by Crippen LogP contribution is 2.23. The summed E-state index contributed by atoms with van der Waals surface area (Å²) in [6, 6.07) is 23.6. The van der Waals surface area contributed by atoms with E-state index in [1.165, 1.54) is 0 Å². The fourth-order valence-corrected chi connectivity index (χ4v) is 3.44. The number of nitrogens with two attached hydrogens (primary N) is 1. The number of carbonyl (C=O) groups is 2. The smallest absolute Gasteiger partial charge is 0.233 e. The van der Waals surface area contributed by atoms with E-state index in [9.17, 15) is 9.59 Å². The number of pyridine rings is 1. The number of hydrogen-bond donors (Lipinski definition) is 2. The predicted molar refractivity (Wildman–Crippen MR) is 139 cm³/mol. The first-order valence-electron chi connectivity index (χ1n) is 10.3. The summed E-state index contributed by atoms with van der Waals surface area (Å²) < 4.78 is 5.60. The van der Waals surface area contributed by atoms with Gasteiger partial charge in [-0.25, -0.2) is 0 Å². The number of benzene rings is 3. The van der Waals surface area contributed by atoms with Crippen molar-refractivity contribution in [3.05, 3.63) is 102 Å². The van der Waals surface area contributed by atoms with E-state index in [4.69, 9.17) is 10.5 Å². The van der Waals surface area contributed by atoms with E-state index in [0.717, 1.165) is 16.3 Å². The highest BCUT2D eigenvalue weighted by molar-refractivity contribution is 5.98. The standard InChI is InChI=1S/C26H23N3O3.2ClH/c27-15-24(26(31)29-22-9-6-21-16-28-13-12-20(21)14-22)18-7-10-23(11-8-18)32-17-25(30)19-4-2-1-3-5-19;;/h1-14,16,24H,15,17,27H2,(H,29,31);2*1H. The average molecular weight is 498 g/mol. The molecule has 34 heavy (non-hydrogen) atoms. The van der Waals surface area contributed by atoms with Crippen molar-refractivity contribution in [3.8, 4) is 5.75 Å².